The molecule has 3 rings (SSSR count). The van der Waals surface area contributed by atoms with Crippen molar-refractivity contribution in [3.8, 4) is 0 Å². The van der Waals surface area contributed by atoms with Gasteiger partial charge in [0, 0.05) is 11.1 Å². The van der Waals surface area contributed by atoms with Crippen LogP contribution in [0.3, 0.4) is 0 Å². The lowest BCUT2D eigenvalue weighted by Gasteiger charge is -2.29. The first kappa shape index (κ1) is 18.7. The molecule has 1 aromatic heterocycles. The normalized spacial score (nSPS) is 15.7. The van der Waals surface area contributed by atoms with E-state index >= 15 is 0 Å². The van der Waals surface area contributed by atoms with Gasteiger partial charge in [0.05, 0.1) is 22.5 Å². The number of amides is 2. The number of aromatic nitrogens is 2. The van der Waals surface area contributed by atoms with Crippen molar-refractivity contribution in [3.63, 3.8) is 0 Å². The Morgan fingerprint density at radius 2 is 1.96 bits per heavy atom. The van der Waals surface area contributed by atoms with Crippen LogP contribution in [0, 0.1) is 0 Å². The van der Waals surface area contributed by atoms with Gasteiger partial charge in [0.15, 0.2) is 0 Å². The second-order valence-electron chi connectivity index (χ2n) is 6.29. The number of nitrogens with one attached hydrogen (secondary N) is 3. The Balaban J connectivity index is 1.69. The molecule has 2 heterocycles. The van der Waals surface area contributed by atoms with Gasteiger partial charge in [-0.1, -0.05) is 23.2 Å². The molecule has 26 heavy (non-hydrogen) atoms. The van der Waals surface area contributed by atoms with Gasteiger partial charge < -0.3 is 15.5 Å². The lowest BCUT2D eigenvalue weighted by atomic mass is 10.1. The first-order chi connectivity index (χ1) is 12.4. The van der Waals surface area contributed by atoms with Crippen molar-refractivity contribution in [2.24, 2.45) is 0 Å². The van der Waals surface area contributed by atoms with Crippen molar-refractivity contribution in [1.82, 2.24) is 20.4 Å². The molecule has 1 saturated heterocycles. The number of rotatable bonds is 4. The summed E-state index contributed by atoms with van der Waals surface area (Å²) in [4.78, 5) is 27.2. The molecule has 0 unspecified atom stereocenters. The third-order valence-electron chi connectivity index (χ3n) is 4.34. The fraction of sp³-hybridized carbons (Fsp3) is 0.353. The van der Waals surface area contributed by atoms with Gasteiger partial charge in [0.1, 0.15) is 5.69 Å². The summed E-state index contributed by atoms with van der Waals surface area (Å²) in [7, 11) is 2.06. The van der Waals surface area contributed by atoms with E-state index in [1.807, 2.05) is 0 Å². The van der Waals surface area contributed by atoms with Gasteiger partial charge >= 0.3 is 0 Å². The molecule has 1 aliphatic heterocycles. The SMILES string of the molecule is CN1CCC(NC(=O)c2[nH]ncc2NC(=O)c2cc(Cl)ccc2Cl)CC1. The van der Waals surface area contributed by atoms with Crippen molar-refractivity contribution < 1.29 is 9.59 Å². The summed E-state index contributed by atoms with van der Waals surface area (Å²) in [6.07, 6.45) is 3.16. The second kappa shape index (κ2) is 8.07. The third kappa shape index (κ3) is 4.35. The molecule has 1 aromatic carbocycles. The highest BCUT2D eigenvalue weighted by atomic mass is 35.5. The largest absolute Gasteiger partial charge is 0.348 e. The summed E-state index contributed by atoms with van der Waals surface area (Å²) in [5.74, 6) is -0.767. The number of hydrogen-bond acceptors (Lipinski definition) is 4. The van der Waals surface area contributed by atoms with Crippen LogP contribution in [0.1, 0.15) is 33.7 Å². The molecule has 1 fully saturated rings. The molecule has 1 aliphatic rings. The molecule has 0 aliphatic carbocycles. The number of hydrogen-bond donors (Lipinski definition) is 3. The third-order valence-corrected chi connectivity index (χ3v) is 4.91. The summed E-state index contributed by atoms with van der Waals surface area (Å²) in [6, 6.07) is 4.71. The van der Waals surface area contributed by atoms with E-state index in [0.29, 0.717) is 5.02 Å². The van der Waals surface area contributed by atoms with E-state index in [1.165, 1.54) is 12.3 Å². The van der Waals surface area contributed by atoms with Gasteiger partial charge in [-0.3, -0.25) is 14.7 Å². The van der Waals surface area contributed by atoms with Crippen molar-refractivity contribution in [2.75, 3.05) is 25.5 Å². The van der Waals surface area contributed by atoms with E-state index in [0.717, 1.165) is 25.9 Å². The molecule has 2 amide bonds. The number of nitrogens with zero attached hydrogens (tertiary/aromatic N) is 2. The lowest BCUT2D eigenvalue weighted by Crippen LogP contribution is -2.43. The zero-order valence-corrected chi connectivity index (χ0v) is 15.7. The topological polar surface area (TPSA) is 90.1 Å². The Bertz CT molecular complexity index is 815. The first-order valence-corrected chi connectivity index (χ1v) is 8.99. The molecule has 9 heteroatoms. The summed E-state index contributed by atoms with van der Waals surface area (Å²) < 4.78 is 0. The van der Waals surface area contributed by atoms with E-state index < -0.39 is 5.91 Å². The number of halogens is 2. The van der Waals surface area contributed by atoms with Crippen LogP contribution >= 0.6 is 23.2 Å². The van der Waals surface area contributed by atoms with Crippen LogP contribution in [0.15, 0.2) is 24.4 Å². The highest BCUT2D eigenvalue weighted by molar-refractivity contribution is 6.36. The monoisotopic (exact) mass is 395 g/mol. The van der Waals surface area contributed by atoms with Gasteiger partial charge in [-0.2, -0.15) is 5.10 Å². The summed E-state index contributed by atoms with van der Waals surface area (Å²) in [5, 5.41) is 12.8. The van der Waals surface area contributed by atoms with E-state index in [1.54, 1.807) is 12.1 Å². The second-order valence-corrected chi connectivity index (χ2v) is 7.13. The van der Waals surface area contributed by atoms with Crippen LogP contribution < -0.4 is 10.6 Å². The summed E-state index contributed by atoms with van der Waals surface area (Å²) >= 11 is 12.0. The van der Waals surface area contributed by atoms with Crippen LogP contribution in [0.25, 0.3) is 0 Å². The number of carbonyl (C=O) groups is 2. The Morgan fingerprint density at radius 3 is 2.69 bits per heavy atom. The Labute approximate surface area is 161 Å². The van der Waals surface area contributed by atoms with Crippen molar-refractivity contribution in [2.45, 2.75) is 18.9 Å². The predicted molar refractivity (Wildman–Crippen MR) is 101 cm³/mol. The first-order valence-electron chi connectivity index (χ1n) is 8.23. The number of carbonyl (C=O) groups excluding carboxylic acids is 2. The average molecular weight is 396 g/mol. The molecular formula is C17H19Cl2N5O2. The fourth-order valence-electron chi connectivity index (χ4n) is 2.83. The average Bonchev–Trinajstić information content (AvgIpc) is 3.07. The summed E-state index contributed by atoms with van der Waals surface area (Å²) in [6.45, 7) is 1.87. The molecule has 3 N–H and O–H groups in total. The maximum atomic E-state index is 12.5. The molecule has 0 spiro atoms. The maximum Gasteiger partial charge on any atom is 0.271 e. The maximum absolute atomic E-state index is 12.5. The fourth-order valence-corrected chi connectivity index (χ4v) is 3.20. The number of anilines is 1. The highest BCUT2D eigenvalue weighted by Gasteiger charge is 2.23. The Kier molecular flexibility index (Phi) is 5.80. The Hall–Kier alpha value is -2.09. The van der Waals surface area contributed by atoms with Gasteiger partial charge in [0.2, 0.25) is 0 Å². The zero-order chi connectivity index (χ0) is 18.7. The molecule has 0 bridgehead atoms. The number of benzene rings is 1. The molecular weight excluding hydrogens is 377 g/mol. The van der Waals surface area contributed by atoms with Crippen LogP contribution in [0.5, 0.6) is 0 Å². The van der Waals surface area contributed by atoms with Gasteiger partial charge in [-0.25, -0.2) is 0 Å². The molecule has 138 valence electrons. The molecule has 0 saturated carbocycles. The highest BCUT2D eigenvalue weighted by Crippen LogP contribution is 2.22. The molecule has 2 aromatic rings. The number of H-pyrrole nitrogens is 1. The molecule has 0 radical (unpaired) electrons. The van der Waals surface area contributed by atoms with Crippen molar-refractivity contribution in [3.05, 3.63) is 45.7 Å². The Morgan fingerprint density at radius 1 is 1.23 bits per heavy atom. The lowest BCUT2D eigenvalue weighted by molar-refractivity contribution is 0.0912. The van der Waals surface area contributed by atoms with Crippen LogP contribution in [0.4, 0.5) is 5.69 Å². The number of likely N-dealkylation sites (tertiary alicyclic amines) is 1. The van der Waals surface area contributed by atoms with E-state index in [4.69, 9.17) is 23.2 Å². The smallest absolute Gasteiger partial charge is 0.271 e. The van der Waals surface area contributed by atoms with E-state index in [9.17, 15) is 9.59 Å². The van der Waals surface area contributed by atoms with Gasteiger partial charge in [-0.05, 0) is 51.2 Å². The van der Waals surface area contributed by atoms with Crippen molar-refractivity contribution in [1.29, 1.82) is 0 Å². The van der Waals surface area contributed by atoms with Gasteiger partial charge in [0.25, 0.3) is 11.8 Å². The van der Waals surface area contributed by atoms with Crippen molar-refractivity contribution >= 4 is 40.7 Å². The minimum absolute atomic E-state index is 0.105. The van der Waals surface area contributed by atoms with E-state index in [-0.39, 0.29) is 33.9 Å². The minimum Gasteiger partial charge on any atom is -0.348 e. The zero-order valence-electron chi connectivity index (χ0n) is 14.2. The van der Waals surface area contributed by atoms with Crippen LogP contribution in [-0.4, -0.2) is 53.1 Å². The molecule has 0 atom stereocenters. The molecule has 7 nitrogen and oxygen atoms in total. The summed E-state index contributed by atoms with van der Waals surface area (Å²) in [5.41, 5.74) is 0.717. The quantitative estimate of drug-likeness (QED) is 0.742. The minimum atomic E-state index is -0.466. The van der Waals surface area contributed by atoms with Crippen LogP contribution in [0.2, 0.25) is 10.0 Å². The van der Waals surface area contributed by atoms with E-state index in [2.05, 4.69) is 32.8 Å². The number of aromatic amines is 1. The standard InChI is InChI=1S/C17H19Cl2N5O2/c1-24-6-4-11(5-7-24)21-17(26)15-14(9-20-23-15)22-16(25)12-8-10(18)2-3-13(12)19/h2-3,8-9,11H,4-7H2,1H3,(H,20,23)(H,21,26)(H,22,25). The predicted octanol–water partition coefficient (Wildman–Crippen LogP) is 2.79. The van der Waals surface area contributed by atoms with Gasteiger partial charge in [-0.15, -0.1) is 0 Å². The van der Waals surface area contributed by atoms with Crippen LogP contribution in [-0.2, 0) is 0 Å². The number of piperidine rings is 1.